The first-order valence-corrected chi connectivity index (χ1v) is 7.14. The molecular weight excluding hydrogens is 224 g/mol. The van der Waals surface area contributed by atoms with Crippen molar-refractivity contribution in [3.8, 4) is 0 Å². The fourth-order valence-electron chi connectivity index (χ4n) is 2.75. The topological polar surface area (TPSA) is 41.6 Å². The molecule has 0 aromatic carbocycles. The SMILES string of the molecule is O=C(NC1CCOCC1)N1CC2CC1CS2. The number of thioether (sulfide) groups is 1. The van der Waals surface area contributed by atoms with Crippen molar-refractivity contribution < 1.29 is 9.53 Å². The minimum absolute atomic E-state index is 0.153. The molecule has 4 nitrogen and oxygen atoms in total. The Morgan fingerprint density at radius 1 is 1.38 bits per heavy atom. The Hall–Kier alpha value is -0.420. The molecular formula is C11H18N2O2S. The number of ether oxygens (including phenoxy) is 1. The molecule has 16 heavy (non-hydrogen) atoms. The van der Waals surface area contributed by atoms with Gasteiger partial charge in [0.25, 0.3) is 0 Å². The first-order valence-electron chi connectivity index (χ1n) is 6.09. The number of rotatable bonds is 1. The lowest BCUT2D eigenvalue weighted by atomic mass is 10.1. The molecule has 3 heterocycles. The molecule has 0 aromatic heterocycles. The Morgan fingerprint density at radius 2 is 2.19 bits per heavy atom. The number of likely N-dealkylation sites (tertiary alicyclic amines) is 1. The third kappa shape index (κ3) is 2.02. The van der Waals surface area contributed by atoms with Gasteiger partial charge >= 0.3 is 6.03 Å². The van der Waals surface area contributed by atoms with Crippen molar-refractivity contribution in [3.63, 3.8) is 0 Å². The molecule has 2 atom stereocenters. The van der Waals surface area contributed by atoms with Gasteiger partial charge in [0.15, 0.2) is 0 Å². The lowest BCUT2D eigenvalue weighted by Crippen LogP contribution is -2.49. The lowest BCUT2D eigenvalue weighted by molar-refractivity contribution is 0.0780. The van der Waals surface area contributed by atoms with Gasteiger partial charge in [-0.15, -0.1) is 0 Å². The van der Waals surface area contributed by atoms with Gasteiger partial charge in [-0.05, 0) is 19.3 Å². The Bertz CT molecular complexity index is 281. The minimum atomic E-state index is 0.153. The van der Waals surface area contributed by atoms with E-state index in [1.165, 1.54) is 6.42 Å². The fourth-order valence-corrected chi connectivity index (χ4v) is 4.18. The first kappa shape index (κ1) is 10.7. The zero-order valence-electron chi connectivity index (χ0n) is 9.35. The van der Waals surface area contributed by atoms with Crippen molar-refractivity contribution in [1.29, 1.82) is 0 Å². The van der Waals surface area contributed by atoms with E-state index >= 15 is 0 Å². The maximum atomic E-state index is 12.1. The summed E-state index contributed by atoms with van der Waals surface area (Å²) in [7, 11) is 0. The van der Waals surface area contributed by atoms with Crippen LogP contribution in [0.2, 0.25) is 0 Å². The molecule has 3 saturated heterocycles. The monoisotopic (exact) mass is 242 g/mol. The number of nitrogens with one attached hydrogen (secondary N) is 1. The lowest BCUT2D eigenvalue weighted by Gasteiger charge is -2.30. The third-order valence-corrected chi connectivity index (χ3v) is 5.10. The molecule has 3 aliphatic heterocycles. The number of urea groups is 1. The maximum absolute atomic E-state index is 12.1. The van der Waals surface area contributed by atoms with Crippen molar-refractivity contribution in [2.45, 2.75) is 36.6 Å². The fraction of sp³-hybridized carbons (Fsp3) is 0.909. The van der Waals surface area contributed by atoms with E-state index in [1.807, 2.05) is 16.7 Å². The summed E-state index contributed by atoms with van der Waals surface area (Å²) in [6.07, 6.45) is 3.12. The van der Waals surface area contributed by atoms with E-state index in [2.05, 4.69) is 5.32 Å². The third-order valence-electron chi connectivity index (χ3n) is 3.71. The zero-order chi connectivity index (χ0) is 11.0. The van der Waals surface area contributed by atoms with E-state index in [-0.39, 0.29) is 6.03 Å². The number of fused-ring (bicyclic) bond motifs is 2. The number of carbonyl (C=O) groups excluding carboxylic acids is 1. The van der Waals surface area contributed by atoms with Gasteiger partial charge in [-0.25, -0.2) is 4.79 Å². The van der Waals surface area contributed by atoms with Gasteiger partial charge in [-0.3, -0.25) is 0 Å². The molecule has 2 bridgehead atoms. The van der Waals surface area contributed by atoms with Crippen LogP contribution >= 0.6 is 11.8 Å². The number of amides is 2. The van der Waals surface area contributed by atoms with Crippen LogP contribution in [0.1, 0.15) is 19.3 Å². The van der Waals surface area contributed by atoms with E-state index in [9.17, 15) is 4.79 Å². The predicted octanol–water partition coefficient (Wildman–Crippen LogP) is 1.06. The Labute approximate surface area is 100 Å². The van der Waals surface area contributed by atoms with Gasteiger partial charge < -0.3 is 15.0 Å². The van der Waals surface area contributed by atoms with Crippen LogP contribution in [0.4, 0.5) is 4.79 Å². The van der Waals surface area contributed by atoms with Crippen LogP contribution in [0, 0.1) is 0 Å². The number of hydrogen-bond donors (Lipinski definition) is 1. The van der Waals surface area contributed by atoms with Gasteiger partial charge in [0.05, 0.1) is 0 Å². The molecule has 0 radical (unpaired) electrons. The van der Waals surface area contributed by atoms with Gasteiger partial charge in [0, 0.05) is 42.8 Å². The van der Waals surface area contributed by atoms with Gasteiger partial charge in [-0.2, -0.15) is 11.8 Å². The molecule has 90 valence electrons. The summed E-state index contributed by atoms with van der Waals surface area (Å²) in [6.45, 7) is 2.52. The van der Waals surface area contributed by atoms with E-state index in [0.29, 0.717) is 17.3 Å². The van der Waals surface area contributed by atoms with Crippen LogP contribution < -0.4 is 5.32 Å². The van der Waals surface area contributed by atoms with E-state index in [0.717, 1.165) is 38.4 Å². The highest BCUT2D eigenvalue weighted by Gasteiger charge is 2.41. The molecule has 0 aromatic rings. The molecule has 0 aliphatic carbocycles. The van der Waals surface area contributed by atoms with Crippen LogP contribution in [-0.4, -0.2) is 53.8 Å². The molecule has 1 N–H and O–H groups in total. The average Bonchev–Trinajstić information content (AvgIpc) is 2.92. The van der Waals surface area contributed by atoms with E-state index < -0.39 is 0 Å². The molecule has 5 heteroatoms. The first-order chi connectivity index (χ1) is 7.83. The van der Waals surface area contributed by atoms with Crippen molar-refractivity contribution >= 4 is 17.8 Å². The minimum Gasteiger partial charge on any atom is -0.381 e. The summed E-state index contributed by atoms with van der Waals surface area (Å²) >= 11 is 2.02. The molecule has 2 unspecified atom stereocenters. The second kappa shape index (κ2) is 4.45. The number of carbonyl (C=O) groups is 1. The molecule has 2 amide bonds. The van der Waals surface area contributed by atoms with Crippen LogP contribution in [0.15, 0.2) is 0 Å². The zero-order valence-corrected chi connectivity index (χ0v) is 10.2. The standard InChI is InChI=1S/C11H18N2O2S/c14-11(12-8-1-3-15-4-2-8)13-6-10-5-9(13)7-16-10/h8-10H,1-7H2,(H,12,14). The average molecular weight is 242 g/mol. The largest absolute Gasteiger partial charge is 0.381 e. The van der Waals surface area contributed by atoms with Crippen LogP contribution in [-0.2, 0) is 4.74 Å². The smallest absolute Gasteiger partial charge is 0.317 e. The highest BCUT2D eigenvalue weighted by molar-refractivity contribution is 8.00. The molecule has 0 spiro atoms. The van der Waals surface area contributed by atoms with Crippen molar-refractivity contribution in [2.75, 3.05) is 25.5 Å². The Kier molecular flexibility index (Phi) is 2.98. The van der Waals surface area contributed by atoms with Gasteiger partial charge in [-0.1, -0.05) is 0 Å². The van der Waals surface area contributed by atoms with Crippen LogP contribution in [0.25, 0.3) is 0 Å². The van der Waals surface area contributed by atoms with Crippen molar-refractivity contribution in [1.82, 2.24) is 10.2 Å². The number of hydrogen-bond acceptors (Lipinski definition) is 3. The van der Waals surface area contributed by atoms with E-state index in [1.54, 1.807) is 0 Å². The quantitative estimate of drug-likeness (QED) is 0.747. The highest BCUT2D eigenvalue weighted by Crippen LogP contribution is 2.37. The Morgan fingerprint density at radius 3 is 2.81 bits per heavy atom. The van der Waals surface area contributed by atoms with Crippen LogP contribution in [0.5, 0.6) is 0 Å². The molecule has 0 saturated carbocycles. The maximum Gasteiger partial charge on any atom is 0.317 e. The van der Waals surface area contributed by atoms with Crippen LogP contribution in [0.3, 0.4) is 0 Å². The predicted molar refractivity (Wildman–Crippen MR) is 63.7 cm³/mol. The van der Waals surface area contributed by atoms with E-state index in [4.69, 9.17) is 4.74 Å². The summed E-state index contributed by atoms with van der Waals surface area (Å²) in [5.41, 5.74) is 0. The molecule has 3 rings (SSSR count). The molecule has 3 fully saturated rings. The van der Waals surface area contributed by atoms with Gasteiger partial charge in [0.2, 0.25) is 0 Å². The summed E-state index contributed by atoms with van der Waals surface area (Å²) in [5.74, 6) is 1.13. The normalized spacial score (nSPS) is 34.4. The van der Waals surface area contributed by atoms with Gasteiger partial charge in [0.1, 0.15) is 0 Å². The highest BCUT2D eigenvalue weighted by atomic mass is 32.2. The summed E-state index contributed by atoms with van der Waals surface area (Å²) in [6, 6.07) is 0.975. The summed E-state index contributed by atoms with van der Waals surface area (Å²) in [4.78, 5) is 14.1. The number of nitrogens with zero attached hydrogens (tertiary/aromatic N) is 1. The summed E-state index contributed by atoms with van der Waals surface area (Å²) < 4.78 is 5.29. The Balaban J connectivity index is 1.53. The second-order valence-corrected chi connectivity index (χ2v) is 6.17. The van der Waals surface area contributed by atoms with Crippen molar-refractivity contribution in [2.24, 2.45) is 0 Å². The molecule has 3 aliphatic rings. The summed E-state index contributed by atoms with van der Waals surface area (Å²) in [5, 5.41) is 3.84. The second-order valence-electron chi connectivity index (χ2n) is 4.83. The van der Waals surface area contributed by atoms with Crippen molar-refractivity contribution in [3.05, 3.63) is 0 Å².